The van der Waals surface area contributed by atoms with Gasteiger partial charge in [-0.05, 0) is 18.1 Å². The number of carbonyl (C=O) groups excluding carboxylic acids is 1. The summed E-state index contributed by atoms with van der Waals surface area (Å²) in [5.41, 5.74) is -1.25. The van der Waals surface area contributed by atoms with Crippen LogP contribution in [0.5, 0.6) is 5.88 Å². The summed E-state index contributed by atoms with van der Waals surface area (Å²) in [6, 6.07) is 0.812. The molecule has 3 aromatic heterocycles. The van der Waals surface area contributed by atoms with E-state index in [1.807, 2.05) is 0 Å². The van der Waals surface area contributed by atoms with Crippen molar-refractivity contribution in [1.29, 1.82) is 0 Å². The Morgan fingerprint density at radius 3 is 2.56 bits per heavy atom. The highest BCUT2D eigenvalue weighted by Crippen LogP contribution is 2.36. The number of carbonyl (C=O) groups is 1. The molecule has 4 rings (SSSR count). The minimum atomic E-state index is -4.80. The summed E-state index contributed by atoms with van der Waals surface area (Å²) in [5, 5.41) is 4.12. The van der Waals surface area contributed by atoms with Gasteiger partial charge in [0.05, 0.1) is 23.7 Å². The Hall–Kier alpha value is -3.71. The van der Waals surface area contributed by atoms with Gasteiger partial charge < -0.3 is 9.64 Å². The molecule has 0 unspecified atom stereocenters. The van der Waals surface area contributed by atoms with Crippen molar-refractivity contribution in [2.24, 2.45) is 13.0 Å². The highest BCUT2D eigenvalue weighted by molar-refractivity contribution is 5.98. The highest BCUT2D eigenvalue weighted by atomic mass is 19.4. The van der Waals surface area contributed by atoms with Gasteiger partial charge in [-0.1, -0.05) is 6.92 Å². The quantitative estimate of drug-likeness (QED) is 0.479. The molecule has 0 saturated carbocycles. The fourth-order valence-electron chi connectivity index (χ4n) is 4.06. The molecule has 14 heteroatoms. The summed E-state index contributed by atoms with van der Waals surface area (Å²) in [5.74, 6) is -6.83. The molecule has 3 aromatic rings. The number of rotatable bonds is 5. The zero-order valence-electron chi connectivity index (χ0n) is 19.0. The smallest absolute Gasteiger partial charge is 0.417 e. The number of aromatic nitrogens is 5. The zero-order chi connectivity index (χ0) is 26.3. The Bertz CT molecular complexity index is 1250. The predicted octanol–water partition coefficient (Wildman–Crippen LogP) is 3.99. The Morgan fingerprint density at radius 2 is 1.92 bits per heavy atom. The Kier molecular flexibility index (Phi) is 6.62. The maximum Gasteiger partial charge on any atom is 0.417 e. The van der Waals surface area contributed by atoms with Crippen LogP contribution in [0.25, 0.3) is 11.4 Å². The average molecular weight is 514 g/mol. The van der Waals surface area contributed by atoms with Gasteiger partial charge in [0.25, 0.3) is 11.8 Å². The summed E-state index contributed by atoms with van der Waals surface area (Å²) >= 11 is 0. The van der Waals surface area contributed by atoms with E-state index in [2.05, 4.69) is 20.1 Å². The van der Waals surface area contributed by atoms with E-state index in [1.165, 1.54) is 37.2 Å². The van der Waals surface area contributed by atoms with Gasteiger partial charge in [-0.25, -0.2) is 28.1 Å². The largest absolute Gasteiger partial charge is 0.473 e. The van der Waals surface area contributed by atoms with Crippen molar-refractivity contribution < 1.29 is 35.9 Å². The Morgan fingerprint density at radius 1 is 1.22 bits per heavy atom. The topological polar surface area (TPSA) is 86.0 Å². The maximum atomic E-state index is 14.5. The first kappa shape index (κ1) is 25.4. The van der Waals surface area contributed by atoms with Gasteiger partial charge in [-0.15, -0.1) is 0 Å². The van der Waals surface area contributed by atoms with Gasteiger partial charge in [0, 0.05) is 38.3 Å². The van der Waals surface area contributed by atoms with Crippen LogP contribution in [0.1, 0.15) is 29.4 Å². The van der Waals surface area contributed by atoms with Gasteiger partial charge in [0.1, 0.15) is 6.61 Å². The third kappa shape index (κ3) is 5.26. The van der Waals surface area contributed by atoms with E-state index in [-0.39, 0.29) is 23.1 Å². The molecule has 2 atom stereocenters. The second kappa shape index (κ2) is 9.39. The van der Waals surface area contributed by atoms with Gasteiger partial charge in [0.15, 0.2) is 17.3 Å². The molecule has 1 aliphatic heterocycles. The molecule has 1 aliphatic rings. The molecule has 0 aliphatic carbocycles. The van der Waals surface area contributed by atoms with Crippen LogP contribution in [0.3, 0.4) is 0 Å². The monoisotopic (exact) mass is 514 g/mol. The first-order valence-corrected chi connectivity index (χ1v) is 10.7. The lowest BCUT2D eigenvalue weighted by atomic mass is 9.88. The lowest BCUT2D eigenvalue weighted by Crippen LogP contribution is -2.57. The van der Waals surface area contributed by atoms with Crippen molar-refractivity contribution in [2.45, 2.75) is 31.5 Å². The normalized spacial score (nSPS) is 19.8. The van der Waals surface area contributed by atoms with E-state index in [9.17, 15) is 31.1 Å². The van der Waals surface area contributed by atoms with Crippen molar-refractivity contribution in [1.82, 2.24) is 29.6 Å². The molecule has 4 heterocycles. The molecule has 0 spiro atoms. The highest BCUT2D eigenvalue weighted by Gasteiger charge is 2.47. The fraction of sp³-hybridized carbons (Fsp3) is 0.409. The molecule has 1 saturated heterocycles. The van der Waals surface area contributed by atoms with E-state index >= 15 is 0 Å². The van der Waals surface area contributed by atoms with Crippen LogP contribution in [-0.2, 0) is 13.2 Å². The average Bonchev–Trinajstić information content (AvgIpc) is 3.19. The molecule has 0 N–H and O–H groups in total. The van der Waals surface area contributed by atoms with Crippen molar-refractivity contribution in [2.75, 3.05) is 13.2 Å². The number of hydrogen-bond acceptors (Lipinski definition) is 6. The standard InChI is InChI=1S/C22H20F6N6O2/c1-12-7-21(24,25)11-34(16(12)10-36-19-15(23)6-13(8-31-19)22(26,27)28)20(35)17-14(9-33(2)32-17)18-29-4-3-5-30-18/h3-6,8-9,12,16H,7,10-11H2,1-2H3/t12-,16-/m1/s1. The van der Waals surface area contributed by atoms with Crippen molar-refractivity contribution in [3.63, 3.8) is 0 Å². The molecular formula is C22H20F6N6O2. The maximum absolute atomic E-state index is 14.5. The van der Waals surface area contributed by atoms with Gasteiger partial charge in [-0.2, -0.15) is 18.3 Å². The number of likely N-dealkylation sites (tertiary alicyclic amines) is 1. The minimum Gasteiger partial charge on any atom is -0.473 e. The number of pyridine rings is 1. The molecule has 8 nitrogen and oxygen atoms in total. The Balaban J connectivity index is 1.62. The molecule has 0 radical (unpaired) electrons. The van der Waals surface area contributed by atoms with Crippen LogP contribution < -0.4 is 4.74 Å². The van der Waals surface area contributed by atoms with E-state index in [0.29, 0.717) is 6.20 Å². The van der Waals surface area contributed by atoms with E-state index < -0.39 is 66.8 Å². The van der Waals surface area contributed by atoms with E-state index in [4.69, 9.17) is 4.74 Å². The third-order valence-corrected chi connectivity index (χ3v) is 5.70. The van der Waals surface area contributed by atoms with Crippen LogP contribution in [0.2, 0.25) is 0 Å². The third-order valence-electron chi connectivity index (χ3n) is 5.70. The Labute approximate surface area is 200 Å². The molecule has 0 bridgehead atoms. The first-order chi connectivity index (χ1) is 16.9. The number of aryl methyl sites for hydroxylation is 1. The fourth-order valence-corrected chi connectivity index (χ4v) is 4.06. The van der Waals surface area contributed by atoms with Crippen LogP contribution in [0.15, 0.2) is 36.9 Å². The van der Waals surface area contributed by atoms with Crippen molar-refractivity contribution in [3.05, 3.63) is 54.0 Å². The molecule has 192 valence electrons. The van der Waals surface area contributed by atoms with E-state index in [0.717, 1.165) is 4.90 Å². The first-order valence-electron chi connectivity index (χ1n) is 10.7. The van der Waals surface area contributed by atoms with Crippen LogP contribution >= 0.6 is 0 Å². The van der Waals surface area contributed by atoms with Crippen LogP contribution in [0.4, 0.5) is 26.3 Å². The molecule has 1 fully saturated rings. The summed E-state index contributed by atoms with van der Waals surface area (Å²) in [4.78, 5) is 25.9. The van der Waals surface area contributed by atoms with Crippen molar-refractivity contribution in [3.8, 4) is 17.3 Å². The number of hydrogen-bond donors (Lipinski definition) is 0. The second-order valence-electron chi connectivity index (χ2n) is 8.49. The summed E-state index contributed by atoms with van der Waals surface area (Å²) < 4.78 is 88.1. The van der Waals surface area contributed by atoms with Gasteiger partial charge >= 0.3 is 6.18 Å². The van der Waals surface area contributed by atoms with Crippen LogP contribution in [0, 0.1) is 11.7 Å². The van der Waals surface area contributed by atoms with Crippen LogP contribution in [-0.4, -0.2) is 60.7 Å². The van der Waals surface area contributed by atoms with Crippen molar-refractivity contribution >= 4 is 5.91 Å². The second-order valence-corrected chi connectivity index (χ2v) is 8.49. The number of piperidine rings is 1. The minimum absolute atomic E-state index is 0.162. The van der Waals surface area contributed by atoms with E-state index in [1.54, 1.807) is 6.07 Å². The summed E-state index contributed by atoms with van der Waals surface area (Å²) in [7, 11) is 1.54. The number of halogens is 6. The summed E-state index contributed by atoms with van der Waals surface area (Å²) in [6.07, 6.45) is -0.612. The molecule has 36 heavy (non-hydrogen) atoms. The van der Waals surface area contributed by atoms with Gasteiger partial charge in [0.2, 0.25) is 5.88 Å². The molecule has 1 amide bonds. The number of ether oxygens (including phenoxy) is 1. The summed E-state index contributed by atoms with van der Waals surface area (Å²) in [6.45, 7) is 0.0264. The number of nitrogens with zero attached hydrogens (tertiary/aromatic N) is 6. The molecular weight excluding hydrogens is 494 g/mol. The lowest BCUT2D eigenvalue weighted by molar-refractivity contribution is -0.138. The zero-order valence-corrected chi connectivity index (χ0v) is 19.0. The SMILES string of the molecule is C[C@@H]1CC(F)(F)CN(C(=O)c2nn(C)cc2-c2ncccn2)[C@@H]1COc1ncc(C(F)(F)F)cc1F. The number of amides is 1. The predicted molar refractivity (Wildman–Crippen MR) is 112 cm³/mol. The van der Waals surface area contributed by atoms with Gasteiger partial charge in [-0.3, -0.25) is 9.48 Å². The number of alkyl halides is 5. The lowest BCUT2D eigenvalue weighted by Gasteiger charge is -2.42. The molecule has 0 aromatic carbocycles.